The van der Waals surface area contributed by atoms with Gasteiger partial charge in [0.05, 0.1) is 12.0 Å². The van der Waals surface area contributed by atoms with E-state index in [1.54, 1.807) is 0 Å². The van der Waals surface area contributed by atoms with E-state index < -0.39 is 29.1 Å². The summed E-state index contributed by atoms with van der Waals surface area (Å²) in [5.41, 5.74) is -0.366. The van der Waals surface area contributed by atoms with Crippen LogP contribution < -0.4 is 5.32 Å². The second kappa shape index (κ2) is 9.94. The summed E-state index contributed by atoms with van der Waals surface area (Å²) in [4.78, 5) is 42.6. The molecule has 0 radical (unpaired) electrons. The molecule has 0 spiro atoms. The summed E-state index contributed by atoms with van der Waals surface area (Å²) in [5.74, 6) is -0.0820. The number of benzene rings is 1. The summed E-state index contributed by atoms with van der Waals surface area (Å²) in [5, 5.41) is 14.7. The van der Waals surface area contributed by atoms with Crippen LogP contribution in [0.3, 0.4) is 0 Å². The first-order chi connectivity index (χ1) is 19.0. The number of piperidine rings is 1. The lowest BCUT2D eigenvalue weighted by Crippen LogP contribution is -2.64. The van der Waals surface area contributed by atoms with Crippen LogP contribution in [0.1, 0.15) is 71.8 Å². The first-order valence-electron chi connectivity index (χ1n) is 15.5. The Hall–Kier alpha value is -2.25. The van der Waals surface area contributed by atoms with Gasteiger partial charge in [-0.15, -0.1) is 0 Å². The monoisotopic (exact) mass is 550 g/mol. The van der Waals surface area contributed by atoms with Crippen molar-refractivity contribution < 1.29 is 24.2 Å². The molecule has 3 unspecified atom stereocenters. The molecular weight excluding hydrogens is 504 g/mol. The molecule has 0 aromatic heterocycles. The van der Waals surface area contributed by atoms with Crippen LogP contribution in [0.2, 0.25) is 0 Å². The van der Waals surface area contributed by atoms with Gasteiger partial charge in [-0.05, 0) is 73.8 Å². The first kappa shape index (κ1) is 27.9. The number of aliphatic hydroxyl groups is 1. The van der Waals surface area contributed by atoms with Crippen molar-refractivity contribution in [1.29, 1.82) is 0 Å². The largest absolute Gasteiger partial charge is 0.445 e. The van der Waals surface area contributed by atoms with Crippen molar-refractivity contribution >= 4 is 17.8 Å². The molecule has 7 nitrogen and oxygen atoms in total. The van der Waals surface area contributed by atoms with E-state index in [1.165, 1.54) is 0 Å². The first-order valence-corrected chi connectivity index (χ1v) is 15.5. The summed E-state index contributed by atoms with van der Waals surface area (Å²) >= 11 is 0. The van der Waals surface area contributed by atoms with E-state index in [4.69, 9.17) is 4.74 Å². The molecule has 2 N–H and O–H groups in total. The Kier molecular flexibility index (Phi) is 6.93. The summed E-state index contributed by atoms with van der Waals surface area (Å²) in [7, 11) is 0. The molecule has 2 saturated heterocycles. The molecule has 2 amide bonds. The van der Waals surface area contributed by atoms with Crippen molar-refractivity contribution in [3.05, 3.63) is 35.9 Å². The molecule has 3 aliphatic carbocycles. The summed E-state index contributed by atoms with van der Waals surface area (Å²) in [6, 6.07) is 10.2. The number of hydrogen-bond donors (Lipinski definition) is 2. The van der Waals surface area contributed by atoms with Crippen molar-refractivity contribution in [2.75, 3.05) is 19.6 Å². The minimum absolute atomic E-state index is 0.0615. The maximum Gasteiger partial charge on any atom is 0.414 e. The van der Waals surface area contributed by atoms with Crippen LogP contribution in [0.25, 0.3) is 0 Å². The second-order valence-electron chi connectivity index (χ2n) is 14.5. The van der Waals surface area contributed by atoms with Crippen molar-refractivity contribution in [3.8, 4) is 0 Å². The number of nitrogens with one attached hydrogen (secondary N) is 1. The Morgan fingerprint density at radius 3 is 2.52 bits per heavy atom. The maximum absolute atomic E-state index is 13.7. The van der Waals surface area contributed by atoms with E-state index in [2.05, 4.69) is 50.0 Å². The molecule has 5 fully saturated rings. The number of aliphatic hydroxyl groups excluding tert-OH is 1. The summed E-state index contributed by atoms with van der Waals surface area (Å²) in [6.45, 7) is 11.2. The Labute approximate surface area is 238 Å². The molecular formula is C33H46N2O5. The molecule has 6 rings (SSSR count). The summed E-state index contributed by atoms with van der Waals surface area (Å²) < 4.78 is 6.32. The van der Waals surface area contributed by atoms with Gasteiger partial charge in [-0.25, -0.2) is 4.79 Å². The van der Waals surface area contributed by atoms with Gasteiger partial charge in [0.2, 0.25) is 5.91 Å². The minimum atomic E-state index is -0.715. The smallest absolute Gasteiger partial charge is 0.414 e. The molecule has 40 heavy (non-hydrogen) atoms. The van der Waals surface area contributed by atoms with E-state index in [0.717, 1.165) is 44.3 Å². The number of hydrogen-bond acceptors (Lipinski definition) is 6. The zero-order valence-electron chi connectivity index (χ0n) is 24.5. The van der Waals surface area contributed by atoms with Crippen molar-refractivity contribution in [2.45, 2.75) is 84.8 Å². The third-order valence-corrected chi connectivity index (χ3v) is 12.5. The highest BCUT2D eigenvalue weighted by Gasteiger charge is 2.68. The molecule has 1 aromatic carbocycles. The van der Waals surface area contributed by atoms with Crippen LogP contribution in [0, 0.1) is 45.8 Å². The van der Waals surface area contributed by atoms with Gasteiger partial charge in [-0.3, -0.25) is 14.9 Å². The molecule has 218 valence electrons. The molecule has 1 aromatic rings. The number of ketones is 1. The number of amides is 2. The van der Waals surface area contributed by atoms with Crippen LogP contribution >= 0.6 is 0 Å². The van der Waals surface area contributed by atoms with Gasteiger partial charge in [0.15, 0.2) is 0 Å². The number of imide groups is 1. The number of Topliss-reactive ketones (excluding diaryl/α,β-unsaturated/α-hetero) is 1. The van der Waals surface area contributed by atoms with E-state index in [-0.39, 0.29) is 40.8 Å². The van der Waals surface area contributed by atoms with Gasteiger partial charge in [-0.1, -0.05) is 58.0 Å². The highest BCUT2D eigenvalue weighted by Crippen LogP contribution is 2.68. The highest BCUT2D eigenvalue weighted by molar-refractivity contribution is 5.93. The SMILES string of the molecule is C[C@@H]1CCC23CCC(=O)C2[C@]1(C)[C@H](OC(=O)NC(=O)[C@H]1CN2CC[C@@H]1C2)C[C@@](C)(Cc1ccccc1)[C@@H](O)[C@@H]3C. The molecule has 7 heteroatoms. The van der Waals surface area contributed by atoms with Gasteiger partial charge < -0.3 is 14.7 Å². The van der Waals surface area contributed by atoms with E-state index in [0.29, 0.717) is 31.7 Å². The Morgan fingerprint density at radius 2 is 1.85 bits per heavy atom. The molecule has 2 heterocycles. The fourth-order valence-corrected chi connectivity index (χ4v) is 10.0. The van der Waals surface area contributed by atoms with Gasteiger partial charge in [-0.2, -0.15) is 0 Å². The molecule has 3 saturated carbocycles. The maximum atomic E-state index is 13.7. The number of carbonyl (C=O) groups excluding carboxylic acids is 3. The zero-order chi connectivity index (χ0) is 28.4. The third kappa shape index (κ3) is 4.25. The highest BCUT2D eigenvalue weighted by atomic mass is 16.6. The fourth-order valence-electron chi connectivity index (χ4n) is 10.0. The van der Waals surface area contributed by atoms with Crippen molar-refractivity contribution in [2.24, 2.45) is 45.8 Å². The average molecular weight is 551 g/mol. The average Bonchev–Trinajstić information content (AvgIpc) is 3.65. The number of carbonyl (C=O) groups is 3. The Bertz CT molecular complexity index is 1170. The van der Waals surface area contributed by atoms with E-state index in [9.17, 15) is 19.5 Å². The standard InChI is InChI=1S/C33H46N2O5/c1-20-10-13-33-14-11-25(36)27(33)32(20,4)26(40-30(39)34-29(38)24-19-35-15-12-23(24)18-35)17-31(3,28(37)21(33)2)16-22-8-6-5-7-9-22/h5-9,20-21,23-24,26-28,37H,10-19H2,1-4H3,(H,34,38,39)/t20-,21+,23-,24+,26-,27?,28+,31-,32+,33?/m1/s1. The Balaban J connectivity index is 1.35. The predicted octanol–water partition coefficient (Wildman–Crippen LogP) is 4.61. The van der Waals surface area contributed by atoms with Gasteiger partial charge >= 0.3 is 6.09 Å². The van der Waals surface area contributed by atoms with Crippen molar-refractivity contribution in [3.63, 3.8) is 0 Å². The number of rotatable bonds is 4. The van der Waals surface area contributed by atoms with Crippen molar-refractivity contribution in [1.82, 2.24) is 10.2 Å². The number of alkyl carbamates (subject to hydrolysis) is 1. The summed E-state index contributed by atoms with van der Waals surface area (Å²) in [6.07, 6.45) is 3.17. The second-order valence-corrected chi connectivity index (χ2v) is 14.5. The minimum Gasteiger partial charge on any atom is -0.445 e. The number of nitrogens with zero attached hydrogens (tertiary/aromatic N) is 1. The molecule has 5 aliphatic rings. The van der Waals surface area contributed by atoms with Gasteiger partial charge in [0, 0.05) is 36.3 Å². The van der Waals surface area contributed by atoms with Gasteiger partial charge in [0.1, 0.15) is 11.9 Å². The fraction of sp³-hybridized carbons (Fsp3) is 0.727. The van der Waals surface area contributed by atoms with Crippen LogP contribution in [0.4, 0.5) is 4.79 Å². The zero-order valence-corrected chi connectivity index (χ0v) is 24.5. The molecule has 4 bridgehead atoms. The Morgan fingerprint density at radius 1 is 1.10 bits per heavy atom. The topological polar surface area (TPSA) is 95.9 Å². The number of fused-ring (bicyclic) bond motifs is 2. The lowest BCUT2D eigenvalue weighted by molar-refractivity contribution is -0.198. The quantitative estimate of drug-likeness (QED) is 0.569. The van der Waals surface area contributed by atoms with Crippen LogP contribution in [-0.4, -0.2) is 59.6 Å². The normalized spacial score (nSPS) is 45.9. The van der Waals surface area contributed by atoms with E-state index >= 15 is 0 Å². The van der Waals surface area contributed by atoms with Crippen LogP contribution in [0.15, 0.2) is 30.3 Å². The predicted molar refractivity (Wildman–Crippen MR) is 151 cm³/mol. The molecule has 11 atom stereocenters. The third-order valence-electron chi connectivity index (χ3n) is 12.5. The lowest BCUT2D eigenvalue weighted by atomic mass is 9.43. The van der Waals surface area contributed by atoms with Gasteiger partial charge in [0.25, 0.3) is 0 Å². The number of ether oxygens (including phenoxy) is 1. The lowest BCUT2D eigenvalue weighted by Gasteiger charge is -2.62. The van der Waals surface area contributed by atoms with E-state index in [1.807, 2.05) is 18.2 Å². The molecule has 2 aliphatic heterocycles. The van der Waals surface area contributed by atoms with Crippen LogP contribution in [-0.2, 0) is 20.7 Å². The van der Waals surface area contributed by atoms with Crippen LogP contribution in [0.5, 0.6) is 0 Å².